The van der Waals surface area contributed by atoms with E-state index in [0.717, 1.165) is 25.8 Å². The molecule has 2 aromatic rings. The van der Waals surface area contributed by atoms with Gasteiger partial charge in [0.05, 0.1) is 12.6 Å². The van der Waals surface area contributed by atoms with Gasteiger partial charge < -0.3 is 20.6 Å². The predicted octanol–water partition coefficient (Wildman–Crippen LogP) is 1.74. The van der Waals surface area contributed by atoms with Crippen molar-refractivity contribution in [3.63, 3.8) is 0 Å². The molecule has 0 fully saturated rings. The summed E-state index contributed by atoms with van der Waals surface area (Å²) in [5.41, 5.74) is 7.31. The summed E-state index contributed by atoms with van der Waals surface area (Å²) in [5, 5.41) is 9.80. The number of rotatable bonds is 4. The molecular formula is C12H13IN2O3. The number of methoxy groups -OCH3 is 1. The Hall–Kier alpha value is -1.28. The highest BCUT2D eigenvalue weighted by Crippen LogP contribution is 2.30. The summed E-state index contributed by atoms with van der Waals surface area (Å²) in [5.74, 6) is -0.256. The van der Waals surface area contributed by atoms with Crippen LogP contribution in [0.5, 0.6) is 5.75 Å². The third kappa shape index (κ3) is 2.44. The van der Waals surface area contributed by atoms with Gasteiger partial charge in [0.1, 0.15) is 11.8 Å². The maximum atomic E-state index is 10.8. The number of fused-ring (bicyclic) bond motifs is 1. The Morgan fingerprint density at radius 3 is 2.94 bits per heavy atom. The van der Waals surface area contributed by atoms with Crippen LogP contribution in [0.15, 0.2) is 18.3 Å². The molecule has 0 aliphatic rings. The fourth-order valence-electron chi connectivity index (χ4n) is 1.88. The molecule has 1 aromatic carbocycles. The van der Waals surface area contributed by atoms with Crippen molar-refractivity contribution in [1.29, 1.82) is 0 Å². The van der Waals surface area contributed by atoms with Gasteiger partial charge in [-0.2, -0.15) is 0 Å². The topological polar surface area (TPSA) is 88.3 Å². The minimum absolute atomic E-state index is 0.290. The lowest BCUT2D eigenvalue weighted by molar-refractivity contribution is -0.138. The summed E-state index contributed by atoms with van der Waals surface area (Å²) in [7, 11) is 1.61. The van der Waals surface area contributed by atoms with Crippen molar-refractivity contribution in [2.45, 2.75) is 12.5 Å². The molecule has 0 aliphatic carbocycles. The summed E-state index contributed by atoms with van der Waals surface area (Å²) in [6.07, 6.45) is 2.07. The van der Waals surface area contributed by atoms with E-state index in [9.17, 15) is 4.79 Å². The predicted molar refractivity (Wildman–Crippen MR) is 76.9 cm³/mol. The number of aromatic amines is 1. The molecule has 0 radical (unpaired) electrons. The number of H-pyrrole nitrogens is 1. The van der Waals surface area contributed by atoms with Crippen LogP contribution in [0.2, 0.25) is 0 Å². The van der Waals surface area contributed by atoms with Crippen molar-refractivity contribution < 1.29 is 14.6 Å². The largest absolute Gasteiger partial charge is 0.495 e. The Kier molecular flexibility index (Phi) is 3.76. The number of aromatic nitrogens is 1. The van der Waals surface area contributed by atoms with Crippen molar-refractivity contribution >= 4 is 39.5 Å². The molecule has 0 saturated heterocycles. The second-order valence-corrected chi connectivity index (χ2v) is 5.24. The molecule has 5 nitrogen and oxygen atoms in total. The number of hydrogen-bond acceptors (Lipinski definition) is 3. The Bertz CT molecular complexity index is 594. The second-order valence-electron chi connectivity index (χ2n) is 3.99. The Labute approximate surface area is 117 Å². The highest BCUT2D eigenvalue weighted by atomic mass is 127. The van der Waals surface area contributed by atoms with Crippen molar-refractivity contribution in [1.82, 2.24) is 4.98 Å². The Balaban J connectivity index is 2.47. The quantitative estimate of drug-likeness (QED) is 0.725. The van der Waals surface area contributed by atoms with E-state index in [1.165, 1.54) is 0 Å². The first kappa shape index (κ1) is 13.2. The van der Waals surface area contributed by atoms with Gasteiger partial charge in [0.25, 0.3) is 0 Å². The minimum Gasteiger partial charge on any atom is -0.495 e. The van der Waals surface area contributed by atoms with Crippen LogP contribution in [0.25, 0.3) is 10.9 Å². The lowest BCUT2D eigenvalue weighted by Gasteiger charge is -2.06. The number of nitrogens with two attached hydrogens (primary N) is 1. The van der Waals surface area contributed by atoms with E-state index in [1.54, 1.807) is 13.3 Å². The first-order valence-electron chi connectivity index (χ1n) is 5.34. The maximum absolute atomic E-state index is 10.8. The first-order chi connectivity index (χ1) is 8.52. The molecule has 0 aliphatic heterocycles. The number of carboxylic acids is 1. The fourth-order valence-corrected chi connectivity index (χ4v) is 2.47. The molecule has 0 saturated carbocycles. The van der Waals surface area contributed by atoms with Gasteiger partial charge in [0, 0.05) is 21.6 Å². The van der Waals surface area contributed by atoms with Crippen LogP contribution in [0.4, 0.5) is 0 Å². The van der Waals surface area contributed by atoms with E-state index < -0.39 is 12.0 Å². The first-order valence-corrected chi connectivity index (χ1v) is 6.42. The number of carboxylic acid groups (broad SMARTS) is 1. The molecule has 96 valence electrons. The average molecular weight is 360 g/mol. The molecular weight excluding hydrogens is 347 g/mol. The molecule has 2 rings (SSSR count). The Morgan fingerprint density at radius 1 is 1.61 bits per heavy atom. The molecule has 0 spiro atoms. The van der Waals surface area contributed by atoms with Gasteiger partial charge >= 0.3 is 5.97 Å². The average Bonchev–Trinajstić information content (AvgIpc) is 2.71. The summed E-state index contributed by atoms with van der Waals surface area (Å²) < 4.78 is 6.32. The van der Waals surface area contributed by atoms with Crippen LogP contribution in [0, 0.1) is 3.57 Å². The van der Waals surface area contributed by atoms with Gasteiger partial charge in [0.2, 0.25) is 0 Å². The smallest absolute Gasteiger partial charge is 0.320 e. The van der Waals surface area contributed by atoms with Crippen LogP contribution < -0.4 is 10.5 Å². The molecule has 18 heavy (non-hydrogen) atoms. The standard InChI is InChI=1S/C12H13IN2O3/c1-18-10-4-7(13)3-8-6(5-15-11(8)10)2-9(14)12(16)17/h3-5,9,15H,2,14H2,1H3,(H,16,17)/t9-/m0/s1. The SMILES string of the molecule is COc1cc(I)cc2c(C[C@H](N)C(=O)O)c[nH]c12. The lowest BCUT2D eigenvalue weighted by Crippen LogP contribution is -2.32. The molecule has 0 unspecified atom stereocenters. The van der Waals surface area contributed by atoms with E-state index in [2.05, 4.69) is 27.6 Å². The van der Waals surface area contributed by atoms with E-state index in [1.807, 2.05) is 12.1 Å². The number of benzene rings is 1. The maximum Gasteiger partial charge on any atom is 0.320 e. The molecule has 1 atom stereocenters. The molecule has 6 heteroatoms. The number of carbonyl (C=O) groups is 1. The summed E-state index contributed by atoms with van der Waals surface area (Å²) in [6.45, 7) is 0. The molecule has 1 heterocycles. The van der Waals surface area contributed by atoms with Crippen molar-refractivity contribution in [3.8, 4) is 5.75 Å². The zero-order chi connectivity index (χ0) is 13.3. The van der Waals surface area contributed by atoms with Crippen LogP contribution in [-0.2, 0) is 11.2 Å². The number of hydrogen-bond donors (Lipinski definition) is 3. The number of ether oxygens (including phenoxy) is 1. The van der Waals surface area contributed by atoms with Crippen LogP contribution in [-0.4, -0.2) is 29.2 Å². The number of nitrogens with one attached hydrogen (secondary N) is 1. The van der Waals surface area contributed by atoms with Gasteiger partial charge in [-0.1, -0.05) is 0 Å². The van der Waals surface area contributed by atoms with E-state index in [4.69, 9.17) is 15.6 Å². The molecule has 0 amide bonds. The van der Waals surface area contributed by atoms with Crippen LogP contribution in [0.1, 0.15) is 5.56 Å². The minimum atomic E-state index is -0.998. The second kappa shape index (κ2) is 5.15. The normalized spacial score (nSPS) is 12.6. The molecule has 0 bridgehead atoms. The highest BCUT2D eigenvalue weighted by molar-refractivity contribution is 14.1. The summed E-state index contributed by atoms with van der Waals surface area (Å²) >= 11 is 2.20. The summed E-state index contributed by atoms with van der Waals surface area (Å²) in [4.78, 5) is 13.9. The van der Waals surface area contributed by atoms with Gasteiger partial charge in [-0.25, -0.2) is 0 Å². The van der Waals surface area contributed by atoms with Crippen molar-refractivity contribution in [2.24, 2.45) is 5.73 Å². The monoisotopic (exact) mass is 360 g/mol. The third-order valence-electron chi connectivity index (χ3n) is 2.78. The van der Waals surface area contributed by atoms with E-state index in [-0.39, 0.29) is 0 Å². The van der Waals surface area contributed by atoms with Gasteiger partial charge in [0.15, 0.2) is 0 Å². The van der Waals surface area contributed by atoms with E-state index in [0.29, 0.717) is 6.42 Å². The van der Waals surface area contributed by atoms with E-state index >= 15 is 0 Å². The van der Waals surface area contributed by atoms with Crippen LogP contribution >= 0.6 is 22.6 Å². The van der Waals surface area contributed by atoms with Gasteiger partial charge in [-0.3, -0.25) is 4.79 Å². The zero-order valence-electron chi connectivity index (χ0n) is 9.74. The van der Waals surface area contributed by atoms with Crippen molar-refractivity contribution in [3.05, 3.63) is 27.5 Å². The fraction of sp³-hybridized carbons (Fsp3) is 0.250. The highest BCUT2D eigenvalue weighted by Gasteiger charge is 2.16. The lowest BCUT2D eigenvalue weighted by atomic mass is 10.1. The zero-order valence-corrected chi connectivity index (χ0v) is 11.9. The van der Waals surface area contributed by atoms with Gasteiger partial charge in [-0.05, 0) is 40.3 Å². The Morgan fingerprint density at radius 2 is 2.33 bits per heavy atom. The molecule has 1 aromatic heterocycles. The van der Waals surface area contributed by atoms with Crippen molar-refractivity contribution in [2.75, 3.05) is 7.11 Å². The van der Waals surface area contributed by atoms with Gasteiger partial charge in [-0.15, -0.1) is 0 Å². The number of halogens is 1. The summed E-state index contributed by atoms with van der Waals surface area (Å²) in [6, 6.07) is 3.01. The molecule has 4 N–H and O–H groups in total. The van der Waals surface area contributed by atoms with Crippen LogP contribution in [0.3, 0.4) is 0 Å². The third-order valence-corrected chi connectivity index (χ3v) is 3.40. The number of aliphatic carboxylic acids is 1.